The van der Waals surface area contributed by atoms with E-state index in [-0.39, 0.29) is 0 Å². The van der Waals surface area contributed by atoms with E-state index < -0.39 is 5.72 Å². The molecule has 3 heteroatoms. The second-order valence-electron chi connectivity index (χ2n) is 5.52. The van der Waals surface area contributed by atoms with E-state index in [1.807, 2.05) is 6.92 Å². The van der Waals surface area contributed by atoms with Crippen molar-refractivity contribution in [1.29, 1.82) is 0 Å². The van der Waals surface area contributed by atoms with Gasteiger partial charge in [-0.2, -0.15) is 0 Å². The minimum Gasteiger partial charge on any atom is -0.348 e. The highest BCUT2D eigenvalue weighted by Gasteiger charge is 2.46. The Labute approximate surface area is 114 Å². The fraction of sp³-hybridized carbons (Fsp3) is 0.438. The summed E-state index contributed by atoms with van der Waals surface area (Å²) in [6.07, 6.45) is 4.39. The molecule has 100 valence electrons. The first-order chi connectivity index (χ1) is 8.92. The number of ether oxygens (including phenoxy) is 1. The van der Waals surface area contributed by atoms with Gasteiger partial charge in [0.2, 0.25) is 5.72 Å². The summed E-state index contributed by atoms with van der Waals surface area (Å²) in [5.74, 6) is 0. The van der Waals surface area contributed by atoms with Gasteiger partial charge in [-0.1, -0.05) is 0 Å². The van der Waals surface area contributed by atoms with Gasteiger partial charge in [0, 0.05) is 36.7 Å². The first-order valence-corrected chi connectivity index (χ1v) is 6.61. The van der Waals surface area contributed by atoms with Gasteiger partial charge in [0.15, 0.2) is 0 Å². The molecule has 2 heterocycles. The zero-order valence-electron chi connectivity index (χ0n) is 12.5. The van der Waals surface area contributed by atoms with Crippen LogP contribution >= 0.6 is 0 Å². The molecule has 19 heavy (non-hydrogen) atoms. The number of methoxy groups -OCH3 is 1. The Balaban J connectivity index is 2.43. The Morgan fingerprint density at radius 3 is 2.47 bits per heavy atom. The van der Waals surface area contributed by atoms with Crippen molar-refractivity contribution in [3.05, 3.63) is 39.7 Å². The normalized spacial score (nSPS) is 24.6. The molecule has 0 amide bonds. The standard InChI is InChI=1S/C16H20N2O/c1-9-7-13-11(3)12(4)18(5)15(13)16(19-6)14(9)8-10(2)17-16/h7-8H,1-6H3. The highest BCUT2D eigenvalue weighted by atomic mass is 16.5. The summed E-state index contributed by atoms with van der Waals surface area (Å²) < 4.78 is 8.12. The number of rotatable bonds is 1. The van der Waals surface area contributed by atoms with Gasteiger partial charge in [0.05, 0.1) is 5.69 Å². The van der Waals surface area contributed by atoms with Crippen LogP contribution in [0.3, 0.4) is 0 Å². The molecular formula is C16H20N2O. The smallest absolute Gasteiger partial charge is 0.227 e. The number of fused-ring (bicyclic) bond motifs is 3. The van der Waals surface area contributed by atoms with E-state index in [9.17, 15) is 0 Å². The predicted octanol–water partition coefficient (Wildman–Crippen LogP) is 3.26. The summed E-state index contributed by atoms with van der Waals surface area (Å²) in [5, 5.41) is 0. The number of aromatic nitrogens is 1. The zero-order valence-corrected chi connectivity index (χ0v) is 12.5. The minimum absolute atomic E-state index is 0.647. The SMILES string of the molecule is COC12N=C(C)C=C1C(C)=Cc1c(C)c(C)n(C)c12. The van der Waals surface area contributed by atoms with Crippen LogP contribution in [0, 0.1) is 13.8 Å². The number of hydrogen-bond acceptors (Lipinski definition) is 2. The summed E-state index contributed by atoms with van der Waals surface area (Å²) >= 11 is 0. The third kappa shape index (κ3) is 1.34. The second kappa shape index (κ2) is 3.70. The Kier molecular flexibility index (Phi) is 2.42. The molecule has 1 aliphatic carbocycles. The average Bonchev–Trinajstić information content (AvgIpc) is 2.83. The maximum atomic E-state index is 5.90. The van der Waals surface area contributed by atoms with E-state index in [1.165, 1.54) is 28.0 Å². The minimum atomic E-state index is -0.647. The summed E-state index contributed by atoms with van der Waals surface area (Å²) in [5.41, 5.74) is 7.77. The Bertz CT molecular complexity index is 673. The van der Waals surface area contributed by atoms with Crippen LogP contribution in [0.15, 0.2) is 22.2 Å². The Hall–Kier alpha value is -1.61. The number of aliphatic imine (C=N–C) groups is 1. The van der Waals surface area contributed by atoms with Crippen LogP contribution in [0.5, 0.6) is 0 Å². The van der Waals surface area contributed by atoms with Crippen LogP contribution in [0.1, 0.15) is 36.4 Å². The lowest BCUT2D eigenvalue weighted by Gasteiger charge is -2.33. The van der Waals surface area contributed by atoms with Gasteiger partial charge in [0.25, 0.3) is 0 Å². The molecule has 1 unspecified atom stereocenters. The highest BCUT2D eigenvalue weighted by molar-refractivity contribution is 5.98. The van der Waals surface area contributed by atoms with E-state index in [4.69, 9.17) is 9.73 Å². The zero-order chi connectivity index (χ0) is 13.9. The summed E-state index contributed by atoms with van der Waals surface area (Å²) in [6, 6.07) is 0. The molecule has 0 aromatic carbocycles. The molecule has 0 bridgehead atoms. The quantitative estimate of drug-likeness (QED) is 0.757. The van der Waals surface area contributed by atoms with E-state index in [0.717, 1.165) is 11.4 Å². The molecule has 2 aliphatic rings. The van der Waals surface area contributed by atoms with Crippen LogP contribution in [0.25, 0.3) is 6.08 Å². The maximum Gasteiger partial charge on any atom is 0.227 e. The molecule has 1 aromatic rings. The van der Waals surface area contributed by atoms with Crippen molar-refractivity contribution in [3.8, 4) is 0 Å². The van der Waals surface area contributed by atoms with Gasteiger partial charge in [-0.25, -0.2) is 4.99 Å². The van der Waals surface area contributed by atoms with Crippen LogP contribution < -0.4 is 0 Å². The van der Waals surface area contributed by atoms with Gasteiger partial charge in [-0.15, -0.1) is 0 Å². The second-order valence-corrected chi connectivity index (χ2v) is 5.52. The molecule has 3 nitrogen and oxygen atoms in total. The number of nitrogens with zero attached hydrogens (tertiary/aromatic N) is 2. The van der Waals surface area contributed by atoms with Gasteiger partial charge >= 0.3 is 0 Å². The van der Waals surface area contributed by atoms with E-state index >= 15 is 0 Å². The first-order valence-electron chi connectivity index (χ1n) is 6.61. The monoisotopic (exact) mass is 256 g/mol. The number of allylic oxidation sites excluding steroid dienone is 1. The third-order valence-electron chi connectivity index (χ3n) is 4.49. The van der Waals surface area contributed by atoms with Crippen LogP contribution in [-0.4, -0.2) is 17.4 Å². The maximum absolute atomic E-state index is 5.90. The molecular weight excluding hydrogens is 236 g/mol. The van der Waals surface area contributed by atoms with Crippen LogP contribution in [0.4, 0.5) is 0 Å². The molecule has 0 radical (unpaired) electrons. The molecule has 0 saturated carbocycles. The van der Waals surface area contributed by atoms with Gasteiger partial charge in [-0.3, -0.25) is 0 Å². The lowest BCUT2D eigenvalue weighted by Crippen LogP contribution is -2.32. The van der Waals surface area contributed by atoms with E-state index in [2.05, 4.69) is 44.5 Å². The molecule has 1 atom stereocenters. The molecule has 0 saturated heterocycles. The molecule has 3 rings (SSSR count). The molecule has 0 N–H and O–H groups in total. The van der Waals surface area contributed by atoms with Crippen LogP contribution in [-0.2, 0) is 17.5 Å². The molecule has 1 aliphatic heterocycles. The molecule has 0 spiro atoms. The highest BCUT2D eigenvalue weighted by Crippen LogP contribution is 2.49. The van der Waals surface area contributed by atoms with E-state index in [0.29, 0.717) is 0 Å². The van der Waals surface area contributed by atoms with E-state index in [1.54, 1.807) is 7.11 Å². The largest absolute Gasteiger partial charge is 0.348 e. The van der Waals surface area contributed by atoms with Crippen LogP contribution in [0.2, 0.25) is 0 Å². The Morgan fingerprint density at radius 2 is 1.84 bits per heavy atom. The van der Waals surface area contributed by atoms with Crippen molar-refractivity contribution in [2.24, 2.45) is 12.0 Å². The predicted molar refractivity (Wildman–Crippen MR) is 78.4 cm³/mol. The lowest BCUT2D eigenvalue weighted by molar-refractivity contribution is 0.0240. The van der Waals surface area contributed by atoms with Gasteiger partial charge in [0.1, 0.15) is 0 Å². The fourth-order valence-corrected chi connectivity index (χ4v) is 3.31. The molecule has 0 fully saturated rings. The van der Waals surface area contributed by atoms with Crippen molar-refractivity contribution < 1.29 is 4.74 Å². The average molecular weight is 256 g/mol. The third-order valence-corrected chi connectivity index (χ3v) is 4.49. The van der Waals surface area contributed by atoms with Crippen molar-refractivity contribution >= 4 is 11.8 Å². The number of hydrogen-bond donors (Lipinski definition) is 0. The molecule has 1 aromatic heterocycles. The summed E-state index contributed by atoms with van der Waals surface area (Å²) in [6.45, 7) is 8.48. The van der Waals surface area contributed by atoms with Gasteiger partial charge in [-0.05, 0) is 51.0 Å². The van der Waals surface area contributed by atoms with Gasteiger partial charge < -0.3 is 9.30 Å². The topological polar surface area (TPSA) is 26.5 Å². The van der Waals surface area contributed by atoms with Crippen molar-refractivity contribution in [3.63, 3.8) is 0 Å². The lowest BCUT2D eigenvalue weighted by atomic mass is 9.85. The first kappa shape index (κ1) is 12.4. The summed E-state index contributed by atoms with van der Waals surface area (Å²) in [4.78, 5) is 4.81. The van der Waals surface area contributed by atoms with Crippen molar-refractivity contribution in [2.75, 3.05) is 7.11 Å². The van der Waals surface area contributed by atoms with Crippen molar-refractivity contribution in [1.82, 2.24) is 4.57 Å². The fourth-order valence-electron chi connectivity index (χ4n) is 3.31. The Morgan fingerprint density at radius 1 is 1.16 bits per heavy atom. The van der Waals surface area contributed by atoms with Crippen molar-refractivity contribution in [2.45, 2.75) is 33.4 Å². The summed E-state index contributed by atoms with van der Waals surface area (Å²) in [7, 11) is 3.84.